The van der Waals surface area contributed by atoms with E-state index in [1.807, 2.05) is 36.7 Å². The highest BCUT2D eigenvalue weighted by Gasteiger charge is 2.25. The van der Waals surface area contributed by atoms with Gasteiger partial charge in [0.15, 0.2) is 11.9 Å². The predicted octanol–water partition coefficient (Wildman–Crippen LogP) is 2.60. The number of H-pyrrole nitrogens is 1. The van der Waals surface area contributed by atoms with Gasteiger partial charge < -0.3 is 9.72 Å². The Hall–Kier alpha value is -2.43. The van der Waals surface area contributed by atoms with Crippen LogP contribution in [-0.4, -0.2) is 23.3 Å². The van der Waals surface area contributed by atoms with E-state index in [2.05, 4.69) is 4.98 Å². The van der Waals surface area contributed by atoms with Crippen molar-refractivity contribution in [1.82, 2.24) is 4.98 Å². The Morgan fingerprint density at radius 2 is 1.91 bits per heavy atom. The number of aromatic nitrogens is 2. The lowest BCUT2D eigenvalue weighted by atomic mass is 10.1. The minimum Gasteiger partial charge on any atom is -0.462 e. The van der Waals surface area contributed by atoms with Gasteiger partial charge in [-0.1, -0.05) is 0 Å². The minimum atomic E-state index is -0.391. The lowest BCUT2D eigenvalue weighted by Gasteiger charge is -2.03. The number of nitrogens with zero attached hydrogens (tertiary/aromatic N) is 1. The summed E-state index contributed by atoms with van der Waals surface area (Å²) in [5.41, 5.74) is 4.42. The van der Waals surface area contributed by atoms with Crippen LogP contribution in [0.15, 0.2) is 18.3 Å². The van der Waals surface area contributed by atoms with Gasteiger partial charge in [-0.15, -0.1) is 0 Å². The maximum absolute atomic E-state index is 12.6. The fourth-order valence-corrected chi connectivity index (χ4v) is 2.69. The monoisotopic (exact) mass is 315 g/mol. The SMILES string of the molecule is CCOC(=O)c1c(C)[nH]c(C(=O)C[n+]2cccc(C)c2C)c1C. The van der Waals surface area contributed by atoms with Gasteiger partial charge in [-0.05, 0) is 39.3 Å². The molecule has 0 aromatic carbocycles. The third-order valence-electron chi connectivity index (χ3n) is 4.12. The van der Waals surface area contributed by atoms with Crippen molar-refractivity contribution < 1.29 is 18.9 Å². The molecule has 0 saturated heterocycles. The average molecular weight is 315 g/mol. The summed E-state index contributed by atoms with van der Waals surface area (Å²) in [5.74, 6) is -0.447. The summed E-state index contributed by atoms with van der Waals surface area (Å²) >= 11 is 0. The molecule has 0 saturated carbocycles. The Kier molecular flexibility index (Phi) is 4.98. The van der Waals surface area contributed by atoms with E-state index in [-0.39, 0.29) is 12.3 Å². The summed E-state index contributed by atoms with van der Waals surface area (Å²) in [6.07, 6.45) is 1.89. The number of pyridine rings is 1. The van der Waals surface area contributed by atoms with Gasteiger partial charge in [0.25, 0.3) is 0 Å². The Bertz CT molecular complexity index is 760. The molecule has 0 radical (unpaired) electrons. The maximum atomic E-state index is 12.6. The number of carbonyl (C=O) groups excluding carboxylic acids is 2. The molecule has 0 atom stereocenters. The zero-order chi connectivity index (χ0) is 17.1. The molecular weight excluding hydrogens is 292 g/mol. The molecule has 0 spiro atoms. The smallest absolute Gasteiger partial charge is 0.340 e. The molecule has 0 fully saturated rings. The number of esters is 1. The van der Waals surface area contributed by atoms with Crippen LogP contribution in [0.1, 0.15) is 50.3 Å². The normalized spacial score (nSPS) is 10.7. The van der Waals surface area contributed by atoms with Crippen LogP contribution in [0.4, 0.5) is 0 Å². The first-order valence-corrected chi connectivity index (χ1v) is 7.72. The number of hydrogen-bond donors (Lipinski definition) is 1. The van der Waals surface area contributed by atoms with Gasteiger partial charge >= 0.3 is 5.97 Å². The van der Waals surface area contributed by atoms with Crippen LogP contribution in [0.2, 0.25) is 0 Å². The number of carbonyl (C=O) groups is 2. The molecule has 122 valence electrons. The van der Waals surface area contributed by atoms with Crippen LogP contribution in [0, 0.1) is 27.7 Å². The molecule has 5 nitrogen and oxygen atoms in total. The number of rotatable bonds is 5. The highest BCUT2D eigenvalue weighted by atomic mass is 16.5. The first-order valence-electron chi connectivity index (χ1n) is 7.72. The van der Waals surface area contributed by atoms with Gasteiger partial charge in [-0.2, -0.15) is 4.57 Å². The van der Waals surface area contributed by atoms with Crippen LogP contribution in [-0.2, 0) is 11.3 Å². The molecule has 0 unspecified atom stereocenters. The molecule has 0 aliphatic carbocycles. The first kappa shape index (κ1) is 16.9. The summed E-state index contributed by atoms with van der Waals surface area (Å²) in [7, 11) is 0. The highest BCUT2D eigenvalue weighted by Crippen LogP contribution is 2.19. The second-order valence-corrected chi connectivity index (χ2v) is 5.67. The highest BCUT2D eigenvalue weighted by molar-refractivity contribution is 6.01. The van der Waals surface area contributed by atoms with E-state index in [0.29, 0.717) is 29.1 Å². The van der Waals surface area contributed by atoms with E-state index in [1.165, 1.54) is 0 Å². The maximum Gasteiger partial charge on any atom is 0.340 e. The van der Waals surface area contributed by atoms with Crippen molar-refractivity contribution >= 4 is 11.8 Å². The third-order valence-corrected chi connectivity index (χ3v) is 4.12. The van der Waals surface area contributed by atoms with E-state index in [4.69, 9.17) is 4.74 Å². The number of hydrogen-bond acceptors (Lipinski definition) is 3. The van der Waals surface area contributed by atoms with Crippen LogP contribution in [0.5, 0.6) is 0 Å². The van der Waals surface area contributed by atoms with Gasteiger partial charge in [0.1, 0.15) is 0 Å². The van der Waals surface area contributed by atoms with E-state index >= 15 is 0 Å². The van der Waals surface area contributed by atoms with Gasteiger partial charge in [-0.25, -0.2) is 4.79 Å². The van der Waals surface area contributed by atoms with Gasteiger partial charge in [-0.3, -0.25) is 4.79 Å². The molecule has 2 aromatic heterocycles. The molecule has 5 heteroatoms. The van der Waals surface area contributed by atoms with Gasteiger partial charge in [0.05, 0.1) is 17.9 Å². The number of ketones is 1. The van der Waals surface area contributed by atoms with Crippen LogP contribution in [0.3, 0.4) is 0 Å². The van der Waals surface area contributed by atoms with Crippen molar-refractivity contribution in [3.63, 3.8) is 0 Å². The quantitative estimate of drug-likeness (QED) is 0.524. The van der Waals surface area contributed by atoms with Gasteiger partial charge in [0, 0.05) is 24.2 Å². The van der Waals surface area contributed by atoms with E-state index in [0.717, 1.165) is 11.3 Å². The molecular formula is C18H23N2O3+. The van der Waals surface area contributed by atoms with Crippen molar-refractivity contribution in [1.29, 1.82) is 0 Å². The van der Waals surface area contributed by atoms with Gasteiger partial charge in [0.2, 0.25) is 12.3 Å². The Morgan fingerprint density at radius 1 is 1.22 bits per heavy atom. The van der Waals surface area contributed by atoms with Crippen molar-refractivity contribution in [2.75, 3.05) is 6.61 Å². The standard InChI is InChI=1S/C18H22N2O3/c1-6-23-18(22)16-12(3)17(19-13(16)4)15(21)10-20-9-7-8-11(2)14(20)5/h7-9H,6,10H2,1-5H3/p+1. The van der Waals surface area contributed by atoms with Crippen molar-refractivity contribution in [3.05, 3.63) is 52.1 Å². The summed E-state index contributed by atoms with van der Waals surface area (Å²) in [6, 6.07) is 3.94. The Morgan fingerprint density at radius 3 is 2.57 bits per heavy atom. The van der Waals surface area contributed by atoms with E-state index in [9.17, 15) is 9.59 Å². The molecule has 0 aliphatic rings. The zero-order valence-electron chi connectivity index (χ0n) is 14.3. The summed E-state index contributed by atoms with van der Waals surface area (Å²) in [5, 5.41) is 0. The number of nitrogens with one attached hydrogen (secondary N) is 1. The predicted molar refractivity (Wildman–Crippen MR) is 86.7 cm³/mol. The topological polar surface area (TPSA) is 63.0 Å². The number of aromatic amines is 1. The molecule has 0 bridgehead atoms. The molecule has 0 amide bonds. The third kappa shape index (κ3) is 3.33. The summed E-state index contributed by atoms with van der Waals surface area (Å²) in [6.45, 7) is 9.86. The second kappa shape index (κ2) is 6.77. The van der Waals surface area contributed by atoms with Crippen LogP contribution in [0.25, 0.3) is 0 Å². The number of aryl methyl sites for hydroxylation is 2. The number of ether oxygens (including phenoxy) is 1. The first-order chi connectivity index (χ1) is 10.9. The molecule has 2 aromatic rings. The average Bonchev–Trinajstić information content (AvgIpc) is 2.79. The minimum absolute atomic E-state index is 0.0557. The fourth-order valence-electron chi connectivity index (χ4n) is 2.69. The Balaban J connectivity index is 2.32. The van der Waals surface area contributed by atoms with E-state index in [1.54, 1.807) is 20.8 Å². The largest absolute Gasteiger partial charge is 0.462 e. The second-order valence-electron chi connectivity index (χ2n) is 5.67. The Labute approximate surface area is 136 Å². The van der Waals surface area contributed by atoms with Crippen molar-refractivity contribution in [2.45, 2.75) is 41.2 Å². The molecule has 1 N–H and O–H groups in total. The van der Waals surface area contributed by atoms with Crippen LogP contribution < -0.4 is 4.57 Å². The molecule has 23 heavy (non-hydrogen) atoms. The summed E-state index contributed by atoms with van der Waals surface area (Å²) < 4.78 is 6.97. The summed E-state index contributed by atoms with van der Waals surface area (Å²) in [4.78, 5) is 27.7. The van der Waals surface area contributed by atoms with Crippen LogP contribution >= 0.6 is 0 Å². The van der Waals surface area contributed by atoms with Crippen molar-refractivity contribution in [2.24, 2.45) is 0 Å². The fraction of sp³-hybridized carbons (Fsp3) is 0.389. The zero-order valence-corrected chi connectivity index (χ0v) is 14.3. The lowest BCUT2D eigenvalue weighted by Crippen LogP contribution is -2.41. The molecule has 2 rings (SSSR count). The van der Waals surface area contributed by atoms with E-state index < -0.39 is 5.97 Å². The molecule has 0 aliphatic heterocycles. The lowest BCUT2D eigenvalue weighted by molar-refractivity contribution is -0.689. The number of Topliss-reactive ketones (excluding diaryl/α,β-unsaturated/α-hetero) is 1. The van der Waals surface area contributed by atoms with Crippen molar-refractivity contribution in [3.8, 4) is 0 Å². The molecule has 2 heterocycles.